The first-order chi connectivity index (χ1) is 16.3. The molecule has 1 aliphatic heterocycles. The van der Waals surface area contributed by atoms with Crippen LogP contribution in [-0.4, -0.2) is 37.7 Å². The van der Waals surface area contributed by atoms with Crippen molar-refractivity contribution in [1.82, 2.24) is 4.90 Å². The minimum absolute atomic E-state index is 0.0138. The lowest BCUT2D eigenvalue weighted by Crippen LogP contribution is -2.33. The van der Waals surface area contributed by atoms with Crippen LogP contribution in [0.25, 0.3) is 5.57 Å². The van der Waals surface area contributed by atoms with Gasteiger partial charge in [0.25, 0.3) is 0 Å². The molecular weight excluding hydrogens is 445 g/mol. The van der Waals surface area contributed by atoms with E-state index in [4.69, 9.17) is 9.47 Å². The number of benzene rings is 3. The zero-order valence-corrected chi connectivity index (χ0v) is 21.1. The van der Waals surface area contributed by atoms with Gasteiger partial charge in [-0.05, 0) is 48.8 Å². The largest absolute Gasteiger partial charge is 0.493 e. The third-order valence-electron chi connectivity index (χ3n) is 6.44. The fourth-order valence-electron chi connectivity index (χ4n) is 4.51. The van der Waals surface area contributed by atoms with Crippen molar-refractivity contribution in [2.45, 2.75) is 26.3 Å². The quantitative estimate of drug-likeness (QED) is 0.496. The van der Waals surface area contributed by atoms with E-state index in [-0.39, 0.29) is 11.9 Å². The Morgan fingerprint density at radius 2 is 1.53 bits per heavy atom. The third kappa shape index (κ3) is 4.41. The van der Waals surface area contributed by atoms with Crippen LogP contribution in [0.4, 0.5) is 0 Å². The smallest absolute Gasteiger partial charge is 0.223 e. The van der Waals surface area contributed by atoms with Gasteiger partial charge in [-0.3, -0.25) is 4.79 Å². The summed E-state index contributed by atoms with van der Waals surface area (Å²) in [4.78, 5) is 14.2. The van der Waals surface area contributed by atoms with Gasteiger partial charge in [0.2, 0.25) is 5.91 Å². The van der Waals surface area contributed by atoms with E-state index in [1.165, 1.54) is 0 Å². The predicted octanol–water partition coefficient (Wildman–Crippen LogP) is 4.83. The standard InChI is InChI=1S/C28H30NO4P/c1-19-15-22-16-27(32-3)28(33-4)17-25(22)26(18-29(19)20(2)30)21-11-13-24(14-12-21)34(5,31)23-9-7-6-8-10-23/h6-14,16-19H,15H2,1-5H3. The molecule has 3 aromatic rings. The van der Waals surface area contributed by atoms with Gasteiger partial charge in [-0.25, -0.2) is 0 Å². The summed E-state index contributed by atoms with van der Waals surface area (Å²) in [6.45, 7) is 5.42. The van der Waals surface area contributed by atoms with Crippen molar-refractivity contribution in [3.05, 3.63) is 89.6 Å². The second-order valence-electron chi connectivity index (χ2n) is 8.69. The molecule has 1 heterocycles. The molecule has 34 heavy (non-hydrogen) atoms. The Bertz CT molecular complexity index is 1280. The van der Waals surface area contributed by atoms with Crippen LogP contribution in [0.3, 0.4) is 0 Å². The number of amides is 1. The summed E-state index contributed by atoms with van der Waals surface area (Å²) in [6.07, 6.45) is 2.61. The summed E-state index contributed by atoms with van der Waals surface area (Å²) in [5.41, 5.74) is 3.91. The van der Waals surface area contributed by atoms with Crippen molar-refractivity contribution < 1.29 is 18.8 Å². The molecule has 0 fully saturated rings. The van der Waals surface area contributed by atoms with Crippen molar-refractivity contribution in [1.29, 1.82) is 0 Å². The lowest BCUT2D eigenvalue weighted by molar-refractivity contribution is -0.127. The summed E-state index contributed by atoms with van der Waals surface area (Å²) in [5.74, 6) is 1.28. The normalized spacial score (nSPS) is 17.1. The first-order valence-corrected chi connectivity index (χ1v) is 13.4. The summed E-state index contributed by atoms with van der Waals surface area (Å²) < 4.78 is 24.7. The average Bonchev–Trinajstić information content (AvgIpc) is 2.99. The van der Waals surface area contributed by atoms with Gasteiger partial charge in [-0.1, -0.05) is 54.6 Å². The highest BCUT2D eigenvalue weighted by Crippen LogP contribution is 2.41. The lowest BCUT2D eigenvalue weighted by atomic mass is 9.92. The van der Waals surface area contributed by atoms with Crippen molar-refractivity contribution in [3.8, 4) is 11.5 Å². The SMILES string of the molecule is COc1cc2c(cc1OC)C(c1ccc(P(C)(=O)c3ccccc3)cc1)=CN(C(C)=O)C(C)C2. The average molecular weight is 476 g/mol. The molecule has 2 atom stereocenters. The molecule has 6 heteroatoms. The minimum Gasteiger partial charge on any atom is -0.493 e. The number of fused-ring (bicyclic) bond motifs is 1. The van der Waals surface area contributed by atoms with E-state index in [1.54, 1.807) is 32.7 Å². The highest BCUT2D eigenvalue weighted by atomic mass is 31.2. The number of carbonyl (C=O) groups excluding carboxylic acids is 1. The first kappa shape index (κ1) is 23.8. The number of carbonyl (C=O) groups is 1. The highest BCUT2D eigenvalue weighted by molar-refractivity contribution is 7.78. The summed E-state index contributed by atoms with van der Waals surface area (Å²) in [5, 5.41) is 1.62. The predicted molar refractivity (Wildman–Crippen MR) is 138 cm³/mol. The van der Waals surface area contributed by atoms with Gasteiger partial charge in [0, 0.05) is 35.3 Å². The monoisotopic (exact) mass is 475 g/mol. The number of ether oxygens (including phenoxy) is 2. The van der Waals surface area contributed by atoms with Crippen LogP contribution in [0.2, 0.25) is 0 Å². The Labute approximate surface area is 201 Å². The van der Waals surface area contributed by atoms with Gasteiger partial charge in [0.05, 0.1) is 14.2 Å². The Hall–Kier alpha value is -3.30. The maximum atomic E-state index is 13.6. The molecule has 2 unspecified atom stereocenters. The van der Waals surface area contributed by atoms with Crippen molar-refractivity contribution in [2.75, 3.05) is 20.9 Å². The van der Waals surface area contributed by atoms with E-state index in [0.717, 1.165) is 32.9 Å². The molecule has 0 aliphatic carbocycles. The molecule has 1 amide bonds. The fourth-order valence-corrected chi connectivity index (χ4v) is 6.27. The van der Waals surface area contributed by atoms with Crippen LogP contribution in [0.15, 0.2) is 72.9 Å². The molecule has 0 saturated heterocycles. The molecule has 176 valence electrons. The Morgan fingerprint density at radius 3 is 2.12 bits per heavy atom. The van der Waals surface area contributed by atoms with Gasteiger partial charge in [0.1, 0.15) is 7.14 Å². The molecule has 0 radical (unpaired) electrons. The molecule has 0 N–H and O–H groups in total. The van der Waals surface area contributed by atoms with Crippen molar-refractivity contribution in [3.63, 3.8) is 0 Å². The van der Waals surface area contributed by atoms with E-state index >= 15 is 0 Å². The van der Waals surface area contributed by atoms with E-state index in [1.807, 2.05) is 79.9 Å². The van der Waals surface area contributed by atoms with E-state index < -0.39 is 7.14 Å². The molecule has 0 spiro atoms. The second-order valence-corrected chi connectivity index (χ2v) is 11.6. The van der Waals surface area contributed by atoms with Gasteiger partial charge < -0.3 is 18.9 Å². The Kier molecular flexibility index (Phi) is 6.67. The van der Waals surface area contributed by atoms with Crippen LogP contribution >= 0.6 is 7.14 Å². The van der Waals surface area contributed by atoms with Gasteiger partial charge in [0.15, 0.2) is 11.5 Å². The van der Waals surface area contributed by atoms with E-state index in [2.05, 4.69) is 0 Å². The third-order valence-corrected chi connectivity index (χ3v) is 9.01. The topological polar surface area (TPSA) is 55.8 Å². The van der Waals surface area contributed by atoms with E-state index in [0.29, 0.717) is 17.9 Å². The summed E-state index contributed by atoms with van der Waals surface area (Å²) in [7, 11) is 0.526. The number of hydrogen-bond donors (Lipinski definition) is 0. The highest BCUT2D eigenvalue weighted by Gasteiger charge is 2.26. The molecule has 0 saturated carbocycles. The number of methoxy groups -OCH3 is 2. The summed E-state index contributed by atoms with van der Waals surface area (Å²) >= 11 is 0. The molecule has 5 nitrogen and oxygen atoms in total. The van der Waals surface area contributed by atoms with Crippen molar-refractivity contribution in [2.24, 2.45) is 0 Å². The molecule has 1 aliphatic rings. The number of rotatable bonds is 5. The van der Waals surface area contributed by atoms with Gasteiger partial charge in [-0.15, -0.1) is 0 Å². The molecule has 0 aromatic heterocycles. The van der Waals surface area contributed by atoms with E-state index in [9.17, 15) is 9.36 Å². The fraction of sp³-hybridized carbons (Fsp3) is 0.250. The maximum absolute atomic E-state index is 13.6. The molecule has 3 aromatic carbocycles. The van der Waals surface area contributed by atoms with Crippen LogP contribution in [0.5, 0.6) is 11.5 Å². The Morgan fingerprint density at radius 1 is 0.941 bits per heavy atom. The van der Waals surface area contributed by atoms with Gasteiger partial charge in [-0.2, -0.15) is 0 Å². The van der Waals surface area contributed by atoms with Crippen LogP contribution in [0.1, 0.15) is 30.5 Å². The Balaban J connectivity index is 1.84. The van der Waals surface area contributed by atoms with Gasteiger partial charge >= 0.3 is 0 Å². The first-order valence-electron chi connectivity index (χ1n) is 11.3. The number of nitrogens with zero attached hydrogens (tertiary/aromatic N) is 1. The zero-order valence-electron chi connectivity index (χ0n) is 20.2. The molecule has 4 rings (SSSR count). The lowest BCUT2D eigenvalue weighted by Gasteiger charge is -2.23. The zero-order chi connectivity index (χ0) is 24.5. The van der Waals surface area contributed by atoms with Crippen LogP contribution in [-0.2, 0) is 15.8 Å². The molecule has 0 bridgehead atoms. The molecular formula is C28H30NO4P. The number of hydrogen-bond acceptors (Lipinski definition) is 4. The summed E-state index contributed by atoms with van der Waals surface area (Å²) in [6, 6.07) is 21.3. The maximum Gasteiger partial charge on any atom is 0.223 e. The van der Waals surface area contributed by atoms with Crippen molar-refractivity contribution >= 4 is 29.2 Å². The minimum atomic E-state index is -2.71. The van der Waals surface area contributed by atoms with Crippen LogP contribution < -0.4 is 20.1 Å². The second kappa shape index (κ2) is 9.52. The van der Waals surface area contributed by atoms with Crippen LogP contribution in [0, 0.1) is 0 Å².